The maximum atomic E-state index is 11.9. The van der Waals surface area contributed by atoms with E-state index in [0.717, 1.165) is 5.56 Å². The molecule has 0 radical (unpaired) electrons. The van der Waals surface area contributed by atoms with Gasteiger partial charge in [0.05, 0.1) is 0 Å². The lowest BCUT2D eigenvalue weighted by Gasteiger charge is -2.15. The maximum absolute atomic E-state index is 11.9. The van der Waals surface area contributed by atoms with Gasteiger partial charge in [0.2, 0.25) is 5.91 Å². The van der Waals surface area contributed by atoms with Crippen LogP contribution in [0.15, 0.2) is 18.3 Å². The summed E-state index contributed by atoms with van der Waals surface area (Å²) in [5.41, 5.74) is 1.19. The van der Waals surface area contributed by atoms with Gasteiger partial charge >= 0.3 is 0 Å². The topological polar surface area (TPSA) is 88.2 Å². The van der Waals surface area contributed by atoms with Gasteiger partial charge in [0, 0.05) is 19.7 Å². The summed E-state index contributed by atoms with van der Waals surface area (Å²) < 4.78 is 0. The third-order valence-electron chi connectivity index (χ3n) is 2.59. The van der Waals surface area contributed by atoms with Crippen molar-refractivity contribution in [3.63, 3.8) is 0 Å². The molecule has 0 aliphatic heterocycles. The van der Waals surface area contributed by atoms with Gasteiger partial charge in [-0.3, -0.25) is 14.6 Å². The van der Waals surface area contributed by atoms with E-state index in [1.54, 1.807) is 18.3 Å². The summed E-state index contributed by atoms with van der Waals surface area (Å²) >= 11 is 0. The van der Waals surface area contributed by atoms with E-state index in [1.807, 2.05) is 6.92 Å². The molecule has 102 valence electrons. The third-order valence-corrected chi connectivity index (χ3v) is 2.59. The van der Waals surface area contributed by atoms with Gasteiger partial charge in [-0.25, -0.2) is 0 Å². The van der Waals surface area contributed by atoms with Crippen LogP contribution in [0.4, 0.5) is 0 Å². The Morgan fingerprint density at radius 1 is 1.42 bits per heavy atom. The summed E-state index contributed by atoms with van der Waals surface area (Å²) in [5, 5.41) is 5.02. The van der Waals surface area contributed by atoms with Crippen molar-refractivity contribution in [1.29, 1.82) is 0 Å². The van der Waals surface area contributed by atoms with Crippen LogP contribution in [0, 0.1) is 6.92 Å². The largest absolute Gasteiger partial charge is 0.357 e. The number of amides is 2. The molecule has 6 heteroatoms. The second kappa shape index (κ2) is 7.25. The van der Waals surface area contributed by atoms with Crippen LogP contribution in [0.5, 0.6) is 0 Å². The zero-order valence-corrected chi connectivity index (χ0v) is 11.0. The Morgan fingerprint density at radius 2 is 2.16 bits per heavy atom. The molecule has 0 aromatic carbocycles. The SMILES string of the molecule is CNC(=O)C(CCC=O)NC(=O)c1ccc(C)cn1. The van der Waals surface area contributed by atoms with E-state index in [0.29, 0.717) is 6.29 Å². The Kier molecular flexibility index (Phi) is 5.66. The zero-order valence-electron chi connectivity index (χ0n) is 11.0. The first kappa shape index (κ1) is 14.8. The molecule has 1 rings (SSSR count). The van der Waals surface area contributed by atoms with E-state index < -0.39 is 11.9 Å². The molecule has 0 fully saturated rings. The Hall–Kier alpha value is -2.24. The molecule has 1 aromatic rings. The Morgan fingerprint density at radius 3 is 2.68 bits per heavy atom. The van der Waals surface area contributed by atoms with Crippen LogP contribution >= 0.6 is 0 Å². The van der Waals surface area contributed by atoms with Crippen molar-refractivity contribution >= 4 is 18.1 Å². The van der Waals surface area contributed by atoms with Crippen molar-refractivity contribution < 1.29 is 14.4 Å². The van der Waals surface area contributed by atoms with Gasteiger partial charge in [0.1, 0.15) is 18.0 Å². The smallest absolute Gasteiger partial charge is 0.270 e. The number of nitrogens with zero attached hydrogens (tertiary/aromatic N) is 1. The maximum Gasteiger partial charge on any atom is 0.270 e. The summed E-state index contributed by atoms with van der Waals surface area (Å²) in [7, 11) is 1.48. The van der Waals surface area contributed by atoms with Crippen LogP contribution in [0.1, 0.15) is 28.9 Å². The summed E-state index contributed by atoms with van der Waals surface area (Å²) in [6.07, 6.45) is 2.77. The van der Waals surface area contributed by atoms with E-state index in [4.69, 9.17) is 0 Å². The zero-order chi connectivity index (χ0) is 14.3. The van der Waals surface area contributed by atoms with Crippen LogP contribution in [0.2, 0.25) is 0 Å². The number of rotatable bonds is 6. The fraction of sp³-hybridized carbons (Fsp3) is 0.385. The van der Waals surface area contributed by atoms with Crippen LogP contribution in [0.25, 0.3) is 0 Å². The van der Waals surface area contributed by atoms with Crippen molar-refractivity contribution in [2.75, 3.05) is 7.05 Å². The van der Waals surface area contributed by atoms with Gasteiger partial charge < -0.3 is 15.4 Å². The predicted octanol–water partition coefficient (Wildman–Crippen LogP) is 0.214. The molecule has 2 N–H and O–H groups in total. The third kappa shape index (κ3) is 4.50. The summed E-state index contributed by atoms with van der Waals surface area (Å²) in [5.74, 6) is -0.762. The molecule has 6 nitrogen and oxygen atoms in total. The number of nitrogens with one attached hydrogen (secondary N) is 2. The molecule has 1 heterocycles. The molecule has 1 aromatic heterocycles. The lowest BCUT2D eigenvalue weighted by atomic mass is 10.1. The number of aryl methyl sites for hydroxylation is 1. The minimum atomic E-state index is -0.731. The van der Waals surface area contributed by atoms with Crippen molar-refractivity contribution in [3.05, 3.63) is 29.6 Å². The van der Waals surface area contributed by atoms with Crippen molar-refractivity contribution in [2.45, 2.75) is 25.8 Å². The van der Waals surface area contributed by atoms with Gasteiger partial charge in [-0.05, 0) is 25.0 Å². The molecular weight excluding hydrogens is 246 g/mol. The molecule has 0 saturated heterocycles. The highest BCUT2D eigenvalue weighted by atomic mass is 16.2. The summed E-state index contributed by atoms with van der Waals surface area (Å²) in [4.78, 5) is 37.8. The number of likely N-dealkylation sites (N-methyl/N-ethyl adjacent to an activating group) is 1. The van der Waals surface area contributed by atoms with E-state index in [1.165, 1.54) is 7.05 Å². The molecule has 0 saturated carbocycles. The number of aromatic nitrogens is 1. The highest BCUT2D eigenvalue weighted by molar-refractivity contribution is 5.96. The van der Waals surface area contributed by atoms with Crippen LogP contribution in [-0.2, 0) is 9.59 Å². The molecular formula is C13H17N3O3. The normalized spacial score (nSPS) is 11.5. The van der Waals surface area contributed by atoms with Crippen LogP contribution in [-0.4, -0.2) is 36.2 Å². The van der Waals surface area contributed by atoms with Crippen molar-refractivity contribution in [2.24, 2.45) is 0 Å². The number of hydrogen-bond donors (Lipinski definition) is 2. The molecule has 2 amide bonds. The predicted molar refractivity (Wildman–Crippen MR) is 69.6 cm³/mol. The Labute approximate surface area is 111 Å². The second-order valence-corrected chi connectivity index (χ2v) is 4.11. The van der Waals surface area contributed by atoms with E-state index >= 15 is 0 Å². The van der Waals surface area contributed by atoms with Gasteiger partial charge in [0.25, 0.3) is 5.91 Å². The Balaban J connectivity index is 2.72. The summed E-state index contributed by atoms with van der Waals surface area (Å²) in [6, 6.07) is 2.62. The molecule has 1 unspecified atom stereocenters. The van der Waals surface area contributed by atoms with Crippen molar-refractivity contribution in [3.8, 4) is 0 Å². The highest BCUT2D eigenvalue weighted by Gasteiger charge is 2.20. The quantitative estimate of drug-likeness (QED) is 0.718. The van der Waals surface area contributed by atoms with E-state index in [-0.39, 0.29) is 24.4 Å². The number of carbonyl (C=O) groups excluding carboxylic acids is 3. The van der Waals surface area contributed by atoms with Crippen LogP contribution < -0.4 is 10.6 Å². The first-order valence-corrected chi connectivity index (χ1v) is 5.97. The fourth-order valence-electron chi connectivity index (χ4n) is 1.51. The number of hydrogen-bond acceptors (Lipinski definition) is 4. The molecule has 0 aliphatic carbocycles. The number of carbonyl (C=O) groups is 3. The first-order chi connectivity index (χ1) is 9.08. The van der Waals surface area contributed by atoms with Gasteiger partial charge in [0.15, 0.2) is 0 Å². The lowest BCUT2D eigenvalue weighted by molar-refractivity contribution is -0.122. The van der Waals surface area contributed by atoms with E-state index in [9.17, 15) is 14.4 Å². The number of aldehydes is 1. The minimum Gasteiger partial charge on any atom is -0.357 e. The van der Waals surface area contributed by atoms with Crippen molar-refractivity contribution in [1.82, 2.24) is 15.6 Å². The van der Waals surface area contributed by atoms with Gasteiger partial charge in [-0.15, -0.1) is 0 Å². The molecule has 1 atom stereocenters. The lowest BCUT2D eigenvalue weighted by Crippen LogP contribution is -2.45. The average Bonchev–Trinajstić information content (AvgIpc) is 2.43. The highest BCUT2D eigenvalue weighted by Crippen LogP contribution is 2.01. The monoisotopic (exact) mass is 263 g/mol. The standard InChI is InChI=1S/C13H17N3O3/c1-9-5-6-10(15-8-9)13(19)16-11(4-3-7-17)12(18)14-2/h5-8,11H,3-4H2,1-2H3,(H,14,18)(H,16,19). The molecule has 0 aliphatic rings. The molecule has 19 heavy (non-hydrogen) atoms. The second-order valence-electron chi connectivity index (χ2n) is 4.11. The van der Waals surface area contributed by atoms with E-state index in [2.05, 4.69) is 15.6 Å². The fourth-order valence-corrected chi connectivity index (χ4v) is 1.51. The first-order valence-electron chi connectivity index (χ1n) is 5.97. The number of pyridine rings is 1. The molecule has 0 bridgehead atoms. The average molecular weight is 263 g/mol. The van der Waals surface area contributed by atoms with Gasteiger partial charge in [-0.2, -0.15) is 0 Å². The van der Waals surface area contributed by atoms with Crippen LogP contribution in [0.3, 0.4) is 0 Å². The molecule has 0 spiro atoms. The van der Waals surface area contributed by atoms with Gasteiger partial charge in [-0.1, -0.05) is 6.07 Å². The Bertz CT molecular complexity index is 457. The minimum absolute atomic E-state index is 0.208. The summed E-state index contributed by atoms with van der Waals surface area (Å²) in [6.45, 7) is 1.87.